The number of esters is 1. The summed E-state index contributed by atoms with van der Waals surface area (Å²) in [4.78, 5) is 11.7. The first kappa shape index (κ1) is 23.5. The van der Waals surface area contributed by atoms with Crippen molar-refractivity contribution in [3.63, 3.8) is 0 Å². The van der Waals surface area contributed by atoms with Crippen LogP contribution in [0, 0.1) is 29.1 Å². The van der Waals surface area contributed by atoms with E-state index in [4.69, 9.17) is 13.9 Å². The maximum atomic E-state index is 13.5. The van der Waals surface area contributed by atoms with Gasteiger partial charge < -0.3 is 18.6 Å². The Morgan fingerprint density at radius 1 is 0.889 bits per heavy atom. The third kappa shape index (κ3) is 5.70. The summed E-state index contributed by atoms with van der Waals surface area (Å²) in [6.45, 7) is 3.92. The number of rotatable bonds is 11. The predicted octanol–water partition coefficient (Wildman–Crippen LogP) is 2.73. The molecular formula is C16H21F5O5Si. The van der Waals surface area contributed by atoms with Gasteiger partial charge in [0.05, 0.1) is 6.61 Å². The maximum absolute atomic E-state index is 13.5. The highest BCUT2D eigenvalue weighted by atomic mass is 28.2. The third-order valence-electron chi connectivity index (χ3n) is 3.56. The van der Waals surface area contributed by atoms with E-state index in [9.17, 15) is 26.7 Å². The summed E-state index contributed by atoms with van der Waals surface area (Å²) in [5.74, 6) is -14.1. The highest BCUT2D eigenvalue weighted by molar-refractivity contribution is 5.98. The number of halogens is 5. The number of carbonyl (C=O) groups excluding carboxylic acids is 1. The number of benzene rings is 1. The van der Waals surface area contributed by atoms with E-state index < -0.39 is 46.6 Å². The van der Waals surface area contributed by atoms with Crippen LogP contribution in [-0.2, 0) is 18.6 Å². The molecule has 154 valence electrons. The van der Waals surface area contributed by atoms with Gasteiger partial charge in [0.15, 0.2) is 33.8 Å². The Labute approximate surface area is 156 Å². The SMILES string of the molecule is CCOC(CCCCOC(=O)c1c(F)c(F)c(F)c(F)c1F)(O[SiH3])OCC. The van der Waals surface area contributed by atoms with E-state index in [1.54, 1.807) is 13.8 Å². The standard InChI is InChI=1S/C16H21F5O5Si/c1-3-24-16(26-27,25-4-2)7-5-6-8-23-15(22)9-10(17)12(19)14(21)13(20)11(9)18/h3-8H2,1-2,27H3. The van der Waals surface area contributed by atoms with Crippen molar-refractivity contribution in [2.75, 3.05) is 19.8 Å². The molecule has 1 aromatic carbocycles. The molecule has 27 heavy (non-hydrogen) atoms. The molecule has 0 saturated heterocycles. The predicted molar refractivity (Wildman–Crippen MR) is 87.4 cm³/mol. The van der Waals surface area contributed by atoms with Gasteiger partial charge in [-0.2, -0.15) is 0 Å². The van der Waals surface area contributed by atoms with Gasteiger partial charge in [0, 0.05) is 19.6 Å². The van der Waals surface area contributed by atoms with Gasteiger partial charge in [-0.05, 0) is 26.7 Å². The Morgan fingerprint density at radius 3 is 1.81 bits per heavy atom. The van der Waals surface area contributed by atoms with Gasteiger partial charge in [0.1, 0.15) is 5.56 Å². The molecule has 0 radical (unpaired) electrons. The van der Waals surface area contributed by atoms with Crippen LogP contribution in [0.3, 0.4) is 0 Å². The molecule has 0 aliphatic carbocycles. The zero-order chi connectivity index (χ0) is 20.6. The Morgan fingerprint density at radius 2 is 1.37 bits per heavy atom. The summed E-state index contributed by atoms with van der Waals surface area (Å²) in [6.07, 6.45) is 0.929. The quantitative estimate of drug-likeness (QED) is 0.106. The highest BCUT2D eigenvalue weighted by Gasteiger charge is 2.31. The fraction of sp³-hybridized carbons (Fsp3) is 0.562. The highest BCUT2D eigenvalue weighted by Crippen LogP contribution is 2.24. The molecule has 1 rings (SSSR count). The molecule has 0 unspecified atom stereocenters. The van der Waals surface area contributed by atoms with Crippen LogP contribution < -0.4 is 0 Å². The van der Waals surface area contributed by atoms with E-state index in [2.05, 4.69) is 4.74 Å². The fourth-order valence-corrected chi connectivity index (χ4v) is 2.75. The molecule has 0 aromatic heterocycles. The molecule has 5 nitrogen and oxygen atoms in total. The molecule has 0 atom stereocenters. The van der Waals surface area contributed by atoms with Crippen molar-refractivity contribution >= 4 is 16.5 Å². The van der Waals surface area contributed by atoms with Crippen molar-refractivity contribution in [1.82, 2.24) is 0 Å². The Kier molecular flexibility index (Phi) is 9.29. The van der Waals surface area contributed by atoms with Gasteiger partial charge in [-0.25, -0.2) is 26.7 Å². The first-order valence-electron chi connectivity index (χ1n) is 8.26. The zero-order valence-electron chi connectivity index (χ0n) is 15.2. The summed E-state index contributed by atoms with van der Waals surface area (Å²) in [5.41, 5.74) is -1.62. The molecule has 0 aliphatic heterocycles. The molecule has 11 heteroatoms. The van der Waals surface area contributed by atoms with Crippen molar-refractivity contribution < 1.29 is 45.4 Å². The monoisotopic (exact) mass is 416 g/mol. The number of ether oxygens (including phenoxy) is 3. The summed E-state index contributed by atoms with van der Waals surface area (Å²) in [5, 5.41) is 0. The summed E-state index contributed by atoms with van der Waals surface area (Å²) in [7, 11) is 0.349. The minimum absolute atomic E-state index is 0.230. The van der Waals surface area contributed by atoms with E-state index >= 15 is 0 Å². The van der Waals surface area contributed by atoms with Gasteiger partial charge >= 0.3 is 5.97 Å². The van der Waals surface area contributed by atoms with Gasteiger partial charge in [-0.3, -0.25) is 0 Å². The van der Waals surface area contributed by atoms with Crippen LogP contribution in [0.4, 0.5) is 22.0 Å². The maximum Gasteiger partial charge on any atom is 0.344 e. The lowest BCUT2D eigenvalue weighted by Crippen LogP contribution is -2.38. The largest absolute Gasteiger partial charge is 0.462 e. The topological polar surface area (TPSA) is 54.0 Å². The van der Waals surface area contributed by atoms with Gasteiger partial charge in [0.2, 0.25) is 5.82 Å². The Balaban J connectivity index is 2.64. The Hall–Kier alpha value is -1.56. The van der Waals surface area contributed by atoms with Gasteiger partial charge in [0.25, 0.3) is 5.97 Å². The first-order valence-corrected chi connectivity index (χ1v) is 9.07. The zero-order valence-corrected chi connectivity index (χ0v) is 17.2. The molecule has 0 heterocycles. The molecule has 0 saturated carbocycles. The molecule has 0 aliphatic rings. The van der Waals surface area contributed by atoms with E-state index in [-0.39, 0.29) is 13.0 Å². The van der Waals surface area contributed by atoms with E-state index in [1.807, 2.05) is 0 Å². The first-order chi connectivity index (χ1) is 12.7. The minimum Gasteiger partial charge on any atom is -0.462 e. The molecule has 0 spiro atoms. The second-order valence-electron chi connectivity index (χ2n) is 5.29. The average molecular weight is 416 g/mol. The summed E-state index contributed by atoms with van der Waals surface area (Å²) in [6, 6.07) is 0. The third-order valence-corrected chi connectivity index (χ3v) is 4.19. The van der Waals surface area contributed by atoms with Crippen molar-refractivity contribution in [3.8, 4) is 0 Å². The number of hydrogen-bond donors (Lipinski definition) is 0. The van der Waals surface area contributed by atoms with E-state index in [0.717, 1.165) is 0 Å². The molecule has 1 aromatic rings. The smallest absolute Gasteiger partial charge is 0.344 e. The normalized spacial score (nSPS) is 11.8. The van der Waals surface area contributed by atoms with Crippen LogP contribution >= 0.6 is 0 Å². The van der Waals surface area contributed by atoms with Crippen molar-refractivity contribution in [2.45, 2.75) is 39.1 Å². The molecular weight excluding hydrogens is 395 g/mol. The number of hydrogen-bond acceptors (Lipinski definition) is 5. The lowest BCUT2D eigenvalue weighted by Gasteiger charge is -2.31. The summed E-state index contributed by atoms with van der Waals surface area (Å²) < 4.78 is 87.1. The lowest BCUT2D eigenvalue weighted by molar-refractivity contribution is -0.344. The second kappa shape index (κ2) is 10.7. The fourth-order valence-electron chi connectivity index (χ4n) is 2.31. The lowest BCUT2D eigenvalue weighted by atomic mass is 10.1. The van der Waals surface area contributed by atoms with Crippen LogP contribution in [-0.4, -0.2) is 42.2 Å². The van der Waals surface area contributed by atoms with Crippen LogP contribution in [0.1, 0.15) is 43.5 Å². The van der Waals surface area contributed by atoms with Crippen molar-refractivity contribution in [1.29, 1.82) is 0 Å². The Bertz CT molecular complexity index is 624. The van der Waals surface area contributed by atoms with E-state index in [0.29, 0.717) is 36.5 Å². The van der Waals surface area contributed by atoms with Crippen LogP contribution in [0.5, 0.6) is 0 Å². The number of carbonyl (C=O) groups is 1. The molecule has 0 fully saturated rings. The van der Waals surface area contributed by atoms with Crippen molar-refractivity contribution in [3.05, 3.63) is 34.6 Å². The second-order valence-corrected chi connectivity index (χ2v) is 5.70. The van der Waals surface area contributed by atoms with E-state index in [1.165, 1.54) is 0 Å². The minimum atomic E-state index is -2.34. The van der Waals surface area contributed by atoms with Crippen LogP contribution in [0.2, 0.25) is 0 Å². The molecule has 0 amide bonds. The molecule has 0 N–H and O–H groups in total. The number of unbranched alkanes of at least 4 members (excludes halogenated alkanes) is 1. The molecule has 0 bridgehead atoms. The average Bonchev–Trinajstić information content (AvgIpc) is 2.64. The summed E-state index contributed by atoms with van der Waals surface area (Å²) >= 11 is 0. The van der Waals surface area contributed by atoms with Crippen molar-refractivity contribution in [2.24, 2.45) is 0 Å². The van der Waals surface area contributed by atoms with Gasteiger partial charge in [-0.15, -0.1) is 0 Å². The van der Waals surface area contributed by atoms with Crippen LogP contribution in [0.15, 0.2) is 0 Å². The van der Waals surface area contributed by atoms with Gasteiger partial charge in [-0.1, -0.05) is 0 Å². The van der Waals surface area contributed by atoms with Crippen LogP contribution in [0.25, 0.3) is 0 Å².